The molecule has 0 saturated heterocycles. The van der Waals surface area contributed by atoms with Gasteiger partial charge in [-0.3, -0.25) is 15.0 Å². The Balaban J connectivity index is 2.93. The molecular formula is C11H13F3N2O3. The molecule has 0 aliphatic heterocycles. The molecule has 0 unspecified atom stereocenters. The van der Waals surface area contributed by atoms with Crippen LogP contribution in [0.15, 0.2) is 18.2 Å². The van der Waals surface area contributed by atoms with E-state index in [0.29, 0.717) is 0 Å². The minimum atomic E-state index is -2.64. The smallest absolute Gasteiger partial charge is 0.274 e. The van der Waals surface area contributed by atoms with E-state index >= 15 is 0 Å². The normalized spacial score (nSPS) is 11.3. The van der Waals surface area contributed by atoms with E-state index in [-0.39, 0.29) is 30.9 Å². The number of nitro groups is 1. The van der Waals surface area contributed by atoms with Gasteiger partial charge in [-0.15, -0.1) is 0 Å². The lowest BCUT2D eigenvalue weighted by atomic mass is 10.1. The third-order valence-corrected chi connectivity index (χ3v) is 2.44. The van der Waals surface area contributed by atoms with Gasteiger partial charge in [-0.2, -0.15) is 0 Å². The van der Waals surface area contributed by atoms with Crippen LogP contribution in [-0.4, -0.2) is 41.1 Å². The van der Waals surface area contributed by atoms with Gasteiger partial charge in [-0.1, -0.05) is 0 Å². The van der Waals surface area contributed by atoms with E-state index in [0.717, 1.165) is 23.1 Å². The Morgan fingerprint density at radius 1 is 1.42 bits per heavy atom. The summed E-state index contributed by atoms with van der Waals surface area (Å²) in [6.45, 7) is -1.30. The molecule has 0 aromatic heterocycles. The predicted molar refractivity (Wildman–Crippen MR) is 61.4 cm³/mol. The van der Waals surface area contributed by atoms with Crippen molar-refractivity contribution < 1.29 is 23.2 Å². The number of nitrogens with zero attached hydrogens (tertiary/aromatic N) is 2. The summed E-state index contributed by atoms with van der Waals surface area (Å²) in [5, 5.41) is 19.5. The minimum Gasteiger partial charge on any atom is -0.395 e. The molecule has 1 rings (SSSR count). The predicted octanol–water partition coefficient (Wildman–Crippen LogP) is 1.79. The van der Waals surface area contributed by atoms with E-state index in [9.17, 15) is 23.3 Å². The van der Waals surface area contributed by atoms with Gasteiger partial charge in [0.2, 0.25) is 0 Å². The molecule has 0 saturated carbocycles. The number of rotatable bonds is 7. The lowest BCUT2D eigenvalue weighted by Gasteiger charge is -2.20. The zero-order valence-electron chi connectivity index (χ0n) is 9.93. The number of alkyl halides is 2. The zero-order valence-corrected chi connectivity index (χ0v) is 9.93. The summed E-state index contributed by atoms with van der Waals surface area (Å²) in [7, 11) is 0. The second kappa shape index (κ2) is 7.05. The molecule has 0 fully saturated rings. The van der Waals surface area contributed by atoms with Crippen LogP contribution >= 0.6 is 0 Å². The highest BCUT2D eigenvalue weighted by Crippen LogP contribution is 2.21. The van der Waals surface area contributed by atoms with Crippen LogP contribution < -0.4 is 0 Å². The number of nitro benzene ring substituents is 1. The van der Waals surface area contributed by atoms with E-state index in [1.807, 2.05) is 0 Å². The van der Waals surface area contributed by atoms with Gasteiger partial charge in [0, 0.05) is 24.7 Å². The molecule has 0 amide bonds. The third kappa shape index (κ3) is 4.84. The van der Waals surface area contributed by atoms with Crippen molar-refractivity contribution in [1.82, 2.24) is 4.90 Å². The Kier molecular flexibility index (Phi) is 5.71. The Labute approximate surface area is 107 Å². The van der Waals surface area contributed by atoms with Gasteiger partial charge in [0.15, 0.2) is 0 Å². The van der Waals surface area contributed by atoms with Crippen LogP contribution in [0.25, 0.3) is 0 Å². The molecule has 19 heavy (non-hydrogen) atoms. The number of hydrogen-bond acceptors (Lipinski definition) is 4. The standard InChI is InChI=1S/C11H13F3N2O3/c12-9-1-2-10(16(18)19)8(5-9)6-15(3-4-17)7-11(13)14/h1-2,5,11,17H,3-4,6-7H2. The van der Waals surface area contributed by atoms with Crippen LogP contribution in [-0.2, 0) is 6.54 Å². The topological polar surface area (TPSA) is 66.6 Å². The first-order chi connectivity index (χ1) is 8.93. The van der Waals surface area contributed by atoms with Crippen LogP contribution in [0.3, 0.4) is 0 Å². The fourth-order valence-electron chi connectivity index (χ4n) is 1.67. The van der Waals surface area contributed by atoms with Crippen molar-refractivity contribution in [3.8, 4) is 0 Å². The molecule has 0 atom stereocenters. The first-order valence-electron chi connectivity index (χ1n) is 5.48. The van der Waals surface area contributed by atoms with Crippen molar-refractivity contribution in [3.63, 3.8) is 0 Å². The van der Waals surface area contributed by atoms with Gasteiger partial charge in [-0.05, 0) is 12.1 Å². The monoisotopic (exact) mass is 278 g/mol. The Bertz CT molecular complexity index is 443. The number of aliphatic hydroxyl groups is 1. The molecule has 1 N–H and O–H groups in total. The van der Waals surface area contributed by atoms with Crippen LogP contribution in [0, 0.1) is 15.9 Å². The summed E-state index contributed by atoms with van der Waals surface area (Å²) < 4.78 is 37.7. The van der Waals surface area contributed by atoms with Crippen molar-refractivity contribution >= 4 is 5.69 Å². The van der Waals surface area contributed by atoms with Gasteiger partial charge in [0.1, 0.15) is 5.82 Å². The minimum absolute atomic E-state index is 0.000833. The van der Waals surface area contributed by atoms with E-state index in [4.69, 9.17) is 5.11 Å². The second-order valence-corrected chi connectivity index (χ2v) is 3.88. The Morgan fingerprint density at radius 3 is 2.63 bits per heavy atom. The highest BCUT2D eigenvalue weighted by Gasteiger charge is 2.19. The summed E-state index contributed by atoms with van der Waals surface area (Å²) >= 11 is 0. The van der Waals surface area contributed by atoms with Gasteiger partial charge in [0.25, 0.3) is 12.1 Å². The average molecular weight is 278 g/mol. The maximum atomic E-state index is 13.1. The fourth-order valence-corrected chi connectivity index (χ4v) is 1.67. The first kappa shape index (κ1) is 15.4. The largest absolute Gasteiger partial charge is 0.395 e. The van der Waals surface area contributed by atoms with Crippen molar-refractivity contribution in [2.45, 2.75) is 13.0 Å². The van der Waals surface area contributed by atoms with Gasteiger partial charge in [-0.25, -0.2) is 13.2 Å². The summed E-state index contributed by atoms with van der Waals surface area (Å²) in [6.07, 6.45) is -2.64. The lowest BCUT2D eigenvalue weighted by molar-refractivity contribution is -0.385. The van der Waals surface area contributed by atoms with Crippen molar-refractivity contribution in [3.05, 3.63) is 39.7 Å². The van der Waals surface area contributed by atoms with Crippen LogP contribution in [0.2, 0.25) is 0 Å². The van der Waals surface area contributed by atoms with Crippen LogP contribution in [0.4, 0.5) is 18.9 Å². The van der Waals surface area contributed by atoms with Crippen LogP contribution in [0.1, 0.15) is 5.56 Å². The molecule has 106 valence electrons. The fraction of sp³-hybridized carbons (Fsp3) is 0.455. The lowest BCUT2D eigenvalue weighted by Crippen LogP contribution is -2.31. The van der Waals surface area contributed by atoms with Gasteiger partial charge in [0.05, 0.1) is 18.1 Å². The quantitative estimate of drug-likeness (QED) is 0.610. The van der Waals surface area contributed by atoms with Gasteiger partial charge >= 0.3 is 0 Å². The van der Waals surface area contributed by atoms with E-state index in [2.05, 4.69) is 0 Å². The number of benzene rings is 1. The van der Waals surface area contributed by atoms with E-state index < -0.39 is 23.7 Å². The van der Waals surface area contributed by atoms with Gasteiger partial charge < -0.3 is 5.11 Å². The summed E-state index contributed by atoms with van der Waals surface area (Å²) in [4.78, 5) is 11.2. The molecular weight excluding hydrogens is 265 g/mol. The SMILES string of the molecule is O=[N+]([O-])c1ccc(F)cc1CN(CCO)CC(F)F. The summed E-state index contributed by atoms with van der Waals surface area (Å²) in [5.41, 5.74) is -0.335. The highest BCUT2D eigenvalue weighted by atomic mass is 19.3. The summed E-state index contributed by atoms with van der Waals surface area (Å²) in [5.74, 6) is -0.679. The van der Waals surface area contributed by atoms with E-state index in [1.165, 1.54) is 0 Å². The number of aliphatic hydroxyl groups excluding tert-OH is 1. The van der Waals surface area contributed by atoms with Crippen molar-refractivity contribution in [2.75, 3.05) is 19.7 Å². The molecule has 0 heterocycles. The molecule has 1 aromatic carbocycles. The molecule has 0 radical (unpaired) electrons. The highest BCUT2D eigenvalue weighted by molar-refractivity contribution is 5.40. The maximum Gasteiger partial charge on any atom is 0.274 e. The average Bonchev–Trinajstić information content (AvgIpc) is 2.27. The molecule has 0 aliphatic carbocycles. The Morgan fingerprint density at radius 2 is 2.11 bits per heavy atom. The van der Waals surface area contributed by atoms with Crippen LogP contribution in [0.5, 0.6) is 0 Å². The van der Waals surface area contributed by atoms with Crippen molar-refractivity contribution in [2.24, 2.45) is 0 Å². The molecule has 8 heteroatoms. The zero-order chi connectivity index (χ0) is 14.4. The molecule has 1 aromatic rings. The summed E-state index contributed by atoms with van der Waals surface area (Å²) in [6, 6.07) is 2.86. The molecule has 5 nitrogen and oxygen atoms in total. The van der Waals surface area contributed by atoms with Crippen molar-refractivity contribution in [1.29, 1.82) is 0 Å². The maximum absolute atomic E-state index is 13.1. The molecule has 0 aliphatic rings. The number of hydrogen-bond donors (Lipinski definition) is 1. The second-order valence-electron chi connectivity index (χ2n) is 3.88. The molecule has 0 spiro atoms. The Hall–Kier alpha value is -1.67. The third-order valence-electron chi connectivity index (χ3n) is 2.44. The first-order valence-corrected chi connectivity index (χ1v) is 5.48. The molecule has 0 bridgehead atoms. The van der Waals surface area contributed by atoms with E-state index in [1.54, 1.807) is 0 Å². The number of halogens is 3.